The molecule has 1 N–H and O–H groups in total. The van der Waals surface area contributed by atoms with Crippen LogP contribution in [-0.4, -0.2) is 58.0 Å². The summed E-state index contributed by atoms with van der Waals surface area (Å²) >= 11 is 0. The standard InChI is InChI=1S/C26H31NO8/c1-14(26(28)29)9-16-10-20(33-7)25(35-13-30-4)21-15(2)22(27(3)23(16)21)17-11-18(31-5)24(34-8)19(12-17)32-6/h9-12H,13H2,1-8H3,(H,28,29)/b14-9+. The largest absolute Gasteiger partial charge is 0.493 e. The van der Waals surface area contributed by atoms with Gasteiger partial charge in [-0.05, 0) is 43.7 Å². The van der Waals surface area contributed by atoms with Crippen molar-refractivity contribution in [3.05, 3.63) is 34.9 Å². The van der Waals surface area contributed by atoms with Crippen LogP contribution in [0.3, 0.4) is 0 Å². The number of carboxylic acid groups (broad SMARTS) is 1. The van der Waals surface area contributed by atoms with E-state index < -0.39 is 5.97 Å². The van der Waals surface area contributed by atoms with Crippen LogP contribution < -0.4 is 23.7 Å². The van der Waals surface area contributed by atoms with Gasteiger partial charge in [-0.25, -0.2) is 4.79 Å². The number of fused-ring (bicyclic) bond motifs is 1. The van der Waals surface area contributed by atoms with Crippen LogP contribution in [0.15, 0.2) is 23.8 Å². The Morgan fingerprint density at radius 3 is 2.00 bits per heavy atom. The molecule has 0 aliphatic heterocycles. The first-order valence-electron chi connectivity index (χ1n) is 10.8. The molecule has 1 heterocycles. The first-order chi connectivity index (χ1) is 16.7. The summed E-state index contributed by atoms with van der Waals surface area (Å²) in [7, 11) is 9.67. The van der Waals surface area contributed by atoms with Gasteiger partial charge in [0, 0.05) is 36.2 Å². The Labute approximate surface area is 204 Å². The van der Waals surface area contributed by atoms with Crippen LogP contribution in [0.4, 0.5) is 0 Å². The number of hydrogen-bond acceptors (Lipinski definition) is 7. The van der Waals surface area contributed by atoms with Gasteiger partial charge in [0.25, 0.3) is 0 Å². The fourth-order valence-corrected chi connectivity index (χ4v) is 4.29. The smallest absolute Gasteiger partial charge is 0.331 e. The second-order valence-electron chi connectivity index (χ2n) is 7.85. The lowest BCUT2D eigenvalue weighted by Crippen LogP contribution is -2.03. The van der Waals surface area contributed by atoms with Crippen molar-refractivity contribution < 1.29 is 38.3 Å². The van der Waals surface area contributed by atoms with Crippen molar-refractivity contribution in [2.75, 3.05) is 42.3 Å². The van der Waals surface area contributed by atoms with Gasteiger partial charge in [0.1, 0.15) is 0 Å². The summed E-state index contributed by atoms with van der Waals surface area (Å²) in [6, 6.07) is 5.50. The third-order valence-corrected chi connectivity index (χ3v) is 5.84. The molecule has 0 bridgehead atoms. The van der Waals surface area contributed by atoms with E-state index in [1.165, 1.54) is 14.2 Å². The molecule has 0 radical (unpaired) electrons. The van der Waals surface area contributed by atoms with Crippen molar-refractivity contribution in [3.63, 3.8) is 0 Å². The van der Waals surface area contributed by atoms with E-state index in [4.69, 9.17) is 28.4 Å². The van der Waals surface area contributed by atoms with Crippen molar-refractivity contribution in [2.24, 2.45) is 7.05 Å². The molecule has 9 nitrogen and oxygen atoms in total. The molecule has 0 unspecified atom stereocenters. The maximum absolute atomic E-state index is 11.6. The van der Waals surface area contributed by atoms with Crippen molar-refractivity contribution in [3.8, 4) is 40.0 Å². The van der Waals surface area contributed by atoms with Crippen molar-refractivity contribution in [2.45, 2.75) is 13.8 Å². The van der Waals surface area contributed by atoms with Gasteiger partial charge in [0.05, 0.1) is 39.6 Å². The van der Waals surface area contributed by atoms with Gasteiger partial charge >= 0.3 is 5.97 Å². The van der Waals surface area contributed by atoms with Gasteiger partial charge in [-0.15, -0.1) is 0 Å². The highest BCUT2D eigenvalue weighted by Crippen LogP contribution is 2.47. The molecule has 0 saturated heterocycles. The zero-order chi connectivity index (χ0) is 25.9. The summed E-state index contributed by atoms with van der Waals surface area (Å²) in [5.41, 5.74) is 4.20. The summed E-state index contributed by atoms with van der Waals surface area (Å²) in [5.74, 6) is 1.48. The number of rotatable bonds is 10. The van der Waals surface area contributed by atoms with E-state index in [1.54, 1.807) is 40.4 Å². The van der Waals surface area contributed by atoms with Gasteiger partial charge in [-0.3, -0.25) is 0 Å². The molecule has 1 aromatic heterocycles. The normalized spacial score (nSPS) is 11.5. The highest BCUT2D eigenvalue weighted by atomic mass is 16.7. The predicted octanol–water partition coefficient (Wildman–Crippen LogP) is 4.66. The Kier molecular flexibility index (Phi) is 7.81. The van der Waals surface area contributed by atoms with Gasteiger partial charge in [-0.2, -0.15) is 0 Å². The Balaban J connectivity index is 2.47. The molecule has 0 aliphatic carbocycles. The molecule has 35 heavy (non-hydrogen) atoms. The molecule has 9 heteroatoms. The summed E-state index contributed by atoms with van der Waals surface area (Å²) in [4.78, 5) is 11.6. The Morgan fingerprint density at radius 1 is 0.943 bits per heavy atom. The van der Waals surface area contributed by atoms with Gasteiger partial charge in [-0.1, -0.05) is 0 Å². The molecule has 0 fully saturated rings. The Morgan fingerprint density at radius 2 is 1.51 bits per heavy atom. The SMILES string of the molecule is COCOc1c(OC)cc(/C=C(\C)C(=O)O)c2c1c(C)c(-c1cc(OC)c(OC)c(OC)c1)n2C. The maximum atomic E-state index is 11.6. The van der Waals surface area contributed by atoms with Crippen molar-refractivity contribution in [1.29, 1.82) is 0 Å². The predicted molar refractivity (Wildman–Crippen MR) is 133 cm³/mol. The highest BCUT2D eigenvalue weighted by Gasteiger charge is 2.25. The van der Waals surface area contributed by atoms with Gasteiger partial charge < -0.3 is 38.1 Å². The topological polar surface area (TPSA) is 97.6 Å². The molecule has 3 aromatic rings. The van der Waals surface area contributed by atoms with E-state index >= 15 is 0 Å². The monoisotopic (exact) mass is 485 g/mol. The molecule has 0 atom stereocenters. The molecule has 0 aliphatic rings. The second kappa shape index (κ2) is 10.6. The molecule has 188 valence electrons. The fraction of sp³-hybridized carbons (Fsp3) is 0.346. The van der Waals surface area contributed by atoms with Crippen LogP contribution in [0.2, 0.25) is 0 Å². The lowest BCUT2D eigenvalue weighted by molar-refractivity contribution is -0.132. The third-order valence-electron chi connectivity index (χ3n) is 5.84. The van der Waals surface area contributed by atoms with E-state index in [-0.39, 0.29) is 12.4 Å². The summed E-state index contributed by atoms with van der Waals surface area (Å²) in [6.45, 7) is 3.53. The third kappa shape index (κ3) is 4.59. The number of benzene rings is 2. The molecule has 0 saturated carbocycles. The van der Waals surface area contributed by atoms with Crippen LogP contribution in [0.25, 0.3) is 28.2 Å². The molecular formula is C26H31NO8. The summed E-state index contributed by atoms with van der Waals surface area (Å²) in [6.07, 6.45) is 1.62. The number of aliphatic carboxylic acids is 1. The molecule has 2 aromatic carbocycles. The van der Waals surface area contributed by atoms with E-state index in [2.05, 4.69) is 0 Å². The molecule has 0 spiro atoms. The maximum Gasteiger partial charge on any atom is 0.331 e. The minimum atomic E-state index is -1.01. The minimum Gasteiger partial charge on any atom is -0.493 e. The summed E-state index contributed by atoms with van der Waals surface area (Å²) < 4.78 is 35.3. The zero-order valence-electron chi connectivity index (χ0n) is 21.3. The number of ether oxygens (including phenoxy) is 6. The van der Waals surface area contributed by atoms with Crippen molar-refractivity contribution >= 4 is 22.9 Å². The summed E-state index contributed by atoms with van der Waals surface area (Å²) in [5, 5.41) is 10.3. The number of aromatic nitrogens is 1. The van der Waals surface area contributed by atoms with Crippen LogP contribution in [0.5, 0.6) is 28.7 Å². The van der Waals surface area contributed by atoms with Gasteiger partial charge in [0.2, 0.25) is 5.75 Å². The molecule has 0 amide bonds. The quantitative estimate of drug-likeness (QED) is 0.327. The average molecular weight is 486 g/mol. The van der Waals surface area contributed by atoms with Crippen LogP contribution in [0.1, 0.15) is 18.1 Å². The van der Waals surface area contributed by atoms with Crippen LogP contribution >= 0.6 is 0 Å². The van der Waals surface area contributed by atoms with Crippen LogP contribution in [-0.2, 0) is 16.6 Å². The number of aryl methyl sites for hydroxylation is 2. The fourth-order valence-electron chi connectivity index (χ4n) is 4.29. The van der Waals surface area contributed by atoms with E-state index in [1.807, 2.05) is 30.7 Å². The average Bonchev–Trinajstić information content (AvgIpc) is 3.12. The van der Waals surface area contributed by atoms with Crippen molar-refractivity contribution in [1.82, 2.24) is 4.57 Å². The molecule has 3 rings (SSSR count). The highest BCUT2D eigenvalue weighted by molar-refractivity contribution is 6.04. The number of methoxy groups -OCH3 is 5. The second-order valence-corrected chi connectivity index (χ2v) is 7.85. The molecular weight excluding hydrogens is 454 g/mol. The van der Waals surface area contributed by atoms with E-state index in [0.29, 0.717) is 34.3 Å². The first kappa shape index (κ1) is 25.8. The first-order valence-corrected chi connectivity index (χ1v) is 10.8. The Bertz CT molecular complexity index is 1260. The lowest BCUT2D eigenvalue weighted by atomic mass is 10.0. The number of carboxylic acids is 1. The zero-order valence-corrected chi connectivity index (χ0v) is 21.3. The number of hydrogen-bond donors (Lipinski definition) is 1. The number of nitrogens with zero attached hydrogens (tertiary/aromatic N) is 1. The number of carbonyl (C=O) groups is 1. The van der Waals surface area contributed by atoms with Gasteiger partial charge in [0.15, 0.2) is 29.8 Å². The minimum absolute atomic E-state index is 0.0165. The van der Waals surface area contributed by atoms with E-state index in [0.717, 1.165) is 27.7 Å². The lowest BCUT2D eigenvalue weighted by Gasteiger charge is -2.15. The van der Waals surface area contributed by atoms with E-state index in [9.17, 15) is 9.90 Å². The van der Waals surface area contributed by atoms with Crippen LogP contribution in [0, 0.1) is 6.92 Å². The Hall–Kier alpha value is -3.85.